The molecule has 0 saturated carbocycles. The second-order valence-electron chi connectivity index (χ2n) is 5.96. The standard InChI is InChI=1S/C17H22N4O/c1-11-9-21(10-12(2)22-11)17-13(3)14(4)19-16(20-17)15-7-5-6-8-18-15/h5-8,11-12H,9-10H2,1-4H3. The smallest absolute Gasteiger partial charge is 0.180 e. The molecule has 0 amide bonds. The Morgan fingerprint density at radius 3 is 2.45 bits per heavy atom. The first kappa shape index (κ1) is 14.9. The first-order valence-electron chi connectivity index (χ1n) is 7.71. The molecule has 5 heteroatoms. The van der Waals surface area contributed by atoms with Crippen LogP contribution < -0.4 is 4.90 Å². The van der Waals surface area contributed by atoms with E-state index in [2.05, 4.69) is 35.6 Å². The van der Waals surface area contributed by atoms with Gasteiger partial charge >= 0.3 is 0 Å². The van der Waals surface area contributed by atoms with Crippen LogP contribution in [0.5, 0.6) is 0 Å². The highest BCUT2D eigenvalue weighted by Gasteiger charge is 2.25. The average Bonchev–Trinajstić information content (AvgIpc) is 2.49. The van der Waals surface area contributed by atoms with Crippen molar-refractivity contribution in [3.05, 3.63) is 35.7 Å². The molecule has 1 aliphatic heterocycles. The lowest BCUT2D eigenvalue weighted by Crippen LogP contribution is -2.46. The molecule has 1 aliphatic rings. The van der Waals surface area contributed by atoms with Crippen LogP contribution in [-0.2, 0) is 4.74 Å². The van der Waals surface area contributed by atoms with Crippen LogP contribution in [0.4, 0.5) is 5.82 Å². The van der Waals surface area contributed by atoms with Gasteiger partial charge in [-0.25, -0.2) is 9.97 Å². The number of aromatic nitrogens is 3. The number of hydrogen-bond donors (Lipinski definition) is 0. The molecule has 1 saturated heterocycles. The minimum Gasteiger partial charge on any atom is -0.372 e. The van der Waals surface area contributed by atoms with Gasteiger partial charge in [0.2, 0.25) is 0 Å². The largest absolute Gasteiger partial charge is 0.372 e. The van der Waals surface area contributed by atoms with E-state index in [-0.39, 0.29) is 12.2 Å². The molecule has 0 aromatic carbocycles. The first-order valence-corrected chi connectivity index (χ1v) is 7.71. The molecule has 3 rings (SSSR count). The van der Waals surface area contributed by atoms with Gasteiger partial charge in [-0.15, -0.1) is 0 Å². The Bertz CT molecular complexity index is 649. The van der Waals surface area contributed by atoms with E-state index in [0.29, 0.717) is 5.82 Å². The van der Waals surface area contributed by atoms with E-state index < -0.39 is 0 Å². The van der Waals surface area contributed by atoms with Crippen LogP contribution in [0.2, 0.25) is 0 Å². The van der Waals surface area contributed by atoms with Gasteiger partial charge in [0.1, 0.15) is 11.5 Å². The number of morpholine rings is 1. The fourth-order valence-electron chi connectivity index (χ4n) is 2.88. The number of aryl methyl sites for hydroxylation is 1. The van der Waals surface area contributed by atoms with E-state index in [0.717, 1.165) is 35.9 Å². The Kier molecular flexibility index (Phi) is 4.07. The van der Waals surface area contributed by atoms with Crippen molar-refractivity contribution >= 4 is 5.82 Å². The SMILES string of the molecule is Cc1nc(-c2ccccn2)nc(N2CC(C)OC(C)C2)c1C. The van der Waals surface area contributed by atoms with E-state index in [1.807, 2.05) is 25.1 Å². The van der Waals surface area contributed by atoms with E-state index in [1.165, 1.54) is 0 Å². The maximum absolute atomic E-state index is 5.83. The van der Waals surface area contributed by atoms with Crippen molar-refractivity contribution in [3.8, 4) is 11.5 Å². The summed E-state index contributed by atoms with van der Waals surface area (Å²) in [6.07, 6.45) is 2.18. The Labute approximate surface area is 131 Å². The fourth-order valence-corrected chi connectivity index (χ4v) is 2.88. The molecule has 0 radical (unpaired) electrons. The van der Waals surface area contributed by atoms with Crippen LogP contribution in [0.15, 0.2) is 24.4 Å². The molecule has 22 heavy (non-hydrogen) atoms. The second kappa shape index (κ2) is 6.01. The number of anilines is 1. The van der Waals surface area contributed by atoms with Crippen molar-refractivity contribution in [3.63, 3.8) is 0 Å². The predicted molar refractivity (Wildman–Crippen MR) is 87.0 cm³/mol. The number of rotatable bonds is 2. The number of hydrogen-bond acceptors (Lipinski definition) is 5. The van der Waals surface area contributed by atoms with Gasteiger partial charge < -0.3 is 9.64 Å². The van der Waals surface area contributed by atoms with Crippen LogP contribution in [0, 0.1) is 13.8 Å². The molecule has 1 fully saturated rings. The van der Waals surface area contributed by atoms with E-state index in [9.17, 15) is 0 Å². The summed E-state index contributed by atoms with van der Waals surface area (Å²) in [5.41, 5.74) is 2.93. The van der Waals surface area contributed by atoms with Gasteiger partial charge in [0.15, 0.2) is 5.82 Å². The molecule has 3 heterocycles. The molecule has 2 atom stereocenters. The zero-order valence-electron chi connectivity index (χ0n) is 13.6. The maximum atomic E-state index is 5.83. The molecule has 116 valence electrons. The summed E-state index contributed by atoms with van der Waals surface area (Å²) in [5.74, 6) is 1.68. The maximum Gasteiger partial charge on any atom is 0.180 e. The summed E-state index contributed by atoms with van der Waals surface area (Å²) in [5, 5.41) is 0. The normalized spacial score (nSPS) is 21.9. The highest BCUT2D eigenvalue weighted by molar-refractivity contribution is 5.57. The lowest BCUT2D eigenvalue weighted by molar-refractivity contribution is -0.00549. The van der Waals surface area contributed by atoms with Crippen molar-refractivity contribution < 1.29 is 4.74 Å². The topological polar surface area (TPSA) is 51.1 Å². The fraction of sp³-hybridized carbons (Fsp3) is 0.471. The zero-order valence-corrected chi connectivity index (χ0v) is 13.6. The van der Waals surface area contributed by atoms with Gasteiger partial charge in [-0.3, -0.25) is 4.98 Å². The van der Waals surface area contributed by atoms with Crippen molar-refractivity contribution in [2.24, 2.45) is 0 Å². The molecule has 5 nitrogen and oxygen atoms in total. The predicted octanol–water partition coefficient (Wildman–Crippen LogP) is 2.77. The summed E-state index contributed by atoms with van der Waals surface area (Å²) < 4.78 is 5.83. The molecular weight excluding hydrogens is 276 g/mol. The van der Waals surface area contributed by atoms with Crippen LogP contribution >= 0.6 is 0 Å². The highest BCUT2D eigenvalue weighted by atomic mass is 16.5. The average molecular weight is 298 g/mol. The Hall–Kier alpha value is -2.01. The zero-order chi connectivity index (χ0) is 15.7. The third kappa shape index (κ3) is 2.95. The number of pyridine rings is 1. The van der Waals surface area contributed by atoms with Gasteiger partial charge in [0.25, 0.3) is 0 Å². The van der Waals surface area contributed by atoms with Crippen molar-refractivity contribution in [1.29, 1.82) is 0 Å². The van der Waals surface area contributed by atoms with E-state index in [4.69, 9.17) is 9.72 Å². The van der Waals surface area contributed by atoms with Gasteiger partial charge in [-0.1, -0.05) is 6.07 Å². The lowest BCUT2D eigenvalue weighted by Gasteiger charge is -2.37. The molecule has 0 spiro atoms. The first-order chi connectivity index (χ1) is 10.5. The summed E-state index contributed by atoms with van der Waals surface area (Å²) in [7, 11) is 0. The molecule has 2 unspecified atom stereocenters. The molecule has 0 bridgehead atoms. The van der Waals surface area contributed by atoms with Crippen molar-refractivity contribution in [2.45, 2.75) is 39.9 Å². The van der Waals surface area contributed by atoms with Crippen LogP contribution in [-0.4, -0.2) is 40.2 Å². The Morgan fingerprint density at radius 1 is 1.09 bits per heavy atom. The van der Waals surface area contributed by atoms with E-state index in [1.54, 1.807) is 6.20 Å². The minimum absolute atomic E-state index is 0.205. The molecule has 0 N–H and O–H groups in total. The third-order valence-electron chi connectivity index (χ3n) is 3.98. The van der Waals surface area contributed by atoms with Crippen LogP contribution in [0.3, 0.4) is 0 Å². The van der Waals surface area contributed by atoms with Crippen LogP contribution in [0.25, 0.3) is 11.5 Å². The Morgan fingerprint density at radius 2 is 1.82 bits per heavy atom. The molecule has 2 aromatic heterocycles. The monoisotopic (exact) mass is 298 g/mol. The minimum atomic E-state index is 0.205. The highest BCUT2D eigenvalue weighted by Crippen LogP contribution is 2.26. The van der Waals surface area contributed by atoms with Crippen molar-refractivity contribution in [2.75, 3.05) is 18.0 Å². The summed E-state index contributed by atoms with van der Waals surface area (Å²) in [6, 6.07) is 5.80. The van der Waals surface area contributed by atoms with Gasteiger partial charge in [0, 0.05) is 30.5 Å². The second-order valence-corrected chi connectivity index (χ2v) is 5.96. The quantitative estimate of drug-likeness (QED) is 0.853. The van der Waals surface area contributed by atoms with Gasteiger partial charge in [0.05, 0.1) is 12.2 Å². The third-order valence-corrected chi connectivity index (χ3v) is 3.98. The van der Waals surface area contributed by atoms with E-state index >= 15 is 0 Å². The molecule has 2 aromatic rings. The summed E-state index contributed by atoms with van der Waals surface area (Å²) in [4.78, 5) is 16.1. The lowest BCUT2D eigenvalue weighted by atomic mass is 10.1. The summed E-state index contributed by atoms with van der Waals surface area (Å²) in [6.45, 7) is 10.0. The number of ether oxygens (including phenoxy) is 1. The molecule has 0 aliphatic carbocycles. The van der Waals surface area contributed by atoms with Gasteiger partial charge in [-0.2, -0.15) is 0 Å². The molecular formula is C17H22N4O. The van der Waals surface area contributed by atoms with Gasteiger partial charge in [-0.05, 0) is 39.8 Å². The Balaban J connectivity index is 2.02. The van der Waals surface area contributed by atoms with Crippen LogP contribution in [0.1, 0.15) is 25.1 Å². The number of nitrogens with zero attached hydrogens (tertiary/aromatic N) is 4. The van der Waals surface area contributed by atoms with Crippen molar-refractivity contribution in [1.82, 2.24) is 15.0 Å². The summed E-state index contributed by atoms with van der Waals surface area (Å²) >= 11 is 0.